The second-order valence-electron chi connectivity index (χ2n) is 7.48. The summed E-state index contributed by atoms with van der Waals surface area (Å²) in [4.78, 5) is 21.6. The number of carbonyl (C=O) groups excluding carboxylic acids is 1. The third kappa shape index (κ3) is 2.95. The number of hydrogen-bond donors (Lipinski definition) is 2. The highest BCUT2D eigenvalue weighted by atomic mass is 32.2. The molecule has 1 aromatic carbocycles. The summed E-state index contributed by atoms with van der Waals surface area (Å²) in [6.45, 7) is 1.70. The molecule has 1 saturated carbocycles. The highest BCUT2D eigenvalue weighted by molar-refractivity contribution is 7.92. The molecule has 12 heteroatoms. The summed E-state index contributed by atoms with van der Waals surface area (Å²) in [6.07, 6.45) is 4.22. The van der Waals surface area contributed by atoms with Crippen molar-refractivity contribution in [2.24, 2.45) is 0 Å². The maximum absolute atomic E-state index is 13.1. The number of fused-ring (bicyclic) bond motifs is 3. The van der Waals surface area contributed by atoms with E-state index < -0.39 is 21.5 Å². The molecule has 2 aliphatic rings. The van der Waals surface area contributed by atoms with E-state index in [0.29, 0.717) is 30.2 Å². The largest absolute Gasteiger partial charge is 0.340 e. The van der Waals surface area contributed by atoms with Crippen molar-refractivity contribution < 1.29 is 17.7 Å². The number of amides is 1. The number of hydrogen-bond acceptors (Lipinski definition) is 8. The van der Waals surface area contributed by atoms with Crippen molar-refractivity contribution in [3.63, 3.8) is 0 Å². The van der Waals surface area contributed by atoms with Crippen LogP contribution in [-0.2, 0) is 15.6 Å². The average Bonchev–Trinajstić information content (AvgIpc) is 3.35. The first-order valence-electron chi connectivity index (χ1n) is 9.61. The van der Waals surface area contributed by atoms with Gasteiger partial charge in [0.2, 0.25) is 17.7 Å². The molecule has 11 nitrogen and oxygen atoms in total. The quantitative estimate of drug-likeness (QED) is 0.639. The Labute approximate surface area is 171 Å². The van der Waals surface area contributed by atoms with Crippen molar-refractivity contribution in [3.8, 4) is 5.69 Å². The van der Waals surface area contributed by atoms with Crippen LogP contribution in [0.2, 0.25) is 0 Å². The number of para-hydroxylation sites is 1. The van der Waals surface area contributed by atoms with Crippen LogP contribution < -0.4 is 10.0 Å². The molecule has 2 N–H and O–H groups in total. The van der Waals surface area contributed by atoms with Crippen LogP contribution >= 0.6 is 0 Å². The normalized spacial score (nSPS) is 18.7. The van der Waals surface area contributed by atoms with E-state index in [1.807, 2.05) is 0 Å². The van der Waals surface area contributed by atoms with Gasteiger partial charge in [-0.2, -0.15) is 14.6 Å². The standard InChI is InChI=1S/C18H19N7O4S/c1-11-19-16(23-29-11)18(9-5-2-6-10-18)21-15(26)14-20-17-24-30(27,28)13-8-4-3-7-12(13)25(17)22-14/h3-4,7-8H,2,5-6,9-10H2,1H3,(H,21,26)(H,20,22,24). The minimum atomic E-state index is -3.78. The molecule has 3 heterocycles. The van der Waals surface area contributed by atoms with Crippen molar-refractivity contribution in [3.05, 3.63) is 41.8 Å². The molecule has 3 aromatic rings. The van der Waals surface area contributed by atoms with Gasteiger partial charge in [0.1, 0.15) is 10.4 Å². The molecule has 0 spiro atoms. The number of rotatable bonds is 3. The zero-order valence-electron chi connectivity index (χ0n) is 16.1. The third-order valence-electron chi connectivity index (χ3n) is 5.43. The molecular weight excluding hydrogens is 410 g/mol. The number of sulfonamides is 1. The Morgan fingerprint density at radius 2 is 1.97 bits per heavy atom. The van der Waals surface area contributed by atoms with E-state index in [0.717, 1.165) is 19.3 Å². The van der Waals surface area contributed by atoms with E-state index in [4.69, 9.17) is 4.52 Å². The second-order valence-corrected chi connectivity index (χ2v) is 9.13. The lowest BCUT2D eigenvalue weighted by molar-refractivity contribution is 0.0844. The first-order valence-corrected chi connectivity index (χ1v) is 11.1. The number of nitrogens with one attached hydrogen (secondary N) is 2. The maximum Gasteiger partial charge on any atom is 0.291 e. The van der Waals surface area contributed by atoms with Crippen LogP contribution in [-0.4, -0.2) is 39.2 Å². The molecule has 1 amide bonds. The van der Waals surface area contributed by atoms with Crippen molar-refractivity contribution in [2.45, 2.75) is 49.5 Å². The summed E-state index contributed by atoms with van der Waals surface area (Å²) < 4.78 is 33.7. The molecule has 1 fully saturated rings. The number of anilines is 1. The van der Waals surface area contributed by atoms with Gasteiger partial charge >= 0.3 is 0 Å². The van der Waals surface area contributed by atoms with Crippen LogP contribution in [0.15, 0.2) is 33.7 Å². The van der Waals surface area contributed by atoms with Gasteiger partial charge < -0.3 is 9.84 Å². The van der Waals surface area contributed by atoms with E-state index in [1.165, 1.54) is 10.7 Å². The van der Waals surface area contributed by atoms with Crippen LogP contribution in [0.5, 0.6) is 0 Å². The number of nitrogens with zero attached hydrogens (tertiary/aromatic N) is 5. The zero-order valence-corrected chi connectivity index (χ0v) is 16.9. The summed E-state index contributed by atoms with van der Waals surface area (Å²) in [5.74, 6) is 0.147. The van der Waals surface area contributed by atoms with Gasteiger partial charge in [-0.15, -0.1) is 5.10 Å². The molecule has 0 unspecified atom stereocenters. The van der Waals surface area contributed by atoms with Gasteiger partial charge in [0.15, 0.2) is 5.82 Å². The monoisotopic (exact) mass is 429 g/mol. The van der Waals surface area contributed by atoms with Gasteiger partial charge in [-0.25, -0.2) is 13.1 Å². The van der Waals surface area contributed by atoms with Gasteiger partial charge in [0, 0.05) is 6.92 Å². The van der Waals surface area contributed by atoms with Crippen LogP contribution in [0.25, 0.3) is 5.69 Å². The van der Waals surface area contributed by atoms with Crippen LogP contribution in [0.4, 0.5) is 5.95 Å². The van der Waals surface area contributed by atoms with E-state index in [-0.39, 0.29) is 16.7 Å². The summed E-state index contributed by atoms with van der Waals surface area (Å²) in [5.41, 5.74) is -0.435. The Bertz CT molecular complexity index is 1240. The Balaban J connectivity index is 1.50. The fourth-order valence-corrected chi connectivity index (χ4v) is 5.17. The zero-order chi connectivity index (χ0) is 20.9. The fourth-order valence-electron chi connectivity index (χ4n) is 4.00. The minimum Gasteiger partial charge on any atom is -0.340 e. The molecule has 2 aromatic heterocycles. The molecule has 0 saturated heterocycles. The Kier molecular flexibility index (Phi) is 4.13. The van der Waals surface area contributed by atoms with E-state index in [2.05, 4.69) is 30.3 Å². The lowest BCUT2D eigenvalue weighted by atomic mass is 9.81. The van der Waals surface area contributed by atoms with Crippen molar-refractivity contribution in [1.29, 1.82) is 0 Å². The van der Waals surface area contributed by atoms with Crippen LogP contribution in [0, 0.1) is 6.92 Å². The number of aryl methyl sites for hydroxylation is 1. The summed E-state index contributed by atoms with van der Waals surface area (Å²) >= 11 is 0. The van der Waals surface area contributed by atoms with Gasteiger partial charge in [-0.1, -0.05) is 36.6 Å². The highest BCUT2D eigenvalue weighted by Gasteiger charge is 2.41. The second kappa shape index (κ2) is 6.62. The SMILES string of the molecule is Cc1nc(C2(NC(=O)c3nc4n(n3)-c3ccccc3S(=O)(=O)N4)CCCCC2)no1. The lowest BCUT2D eigenvalue weighted by Gasteiger charge is -2.34. The Hall–Kier alpha value is -3.28. The molecule has 0 radical (unpaired) electrons. The van der Waals surface area contributed by atoms with Gasteiger partial charge in [0.05, 0.1) is 5.69 Å². The molecule has 1 aliphatic heterocycles. The molecule has 156 valence electrons. The van der Waals surface area contributed by atoms with Crippen molar-refractivity contribution in [1.82, 2.24) is 30.2 Å². The number of benzene rings is 1. The number of aromatic nitrogens is 5. The van der Waals surface area contributed by atoms with Crippen molar-refractivity contribution >= 4 is 21.9 Å². The highest BCUT2D eigenvalue weighted by Crippen LogP contribution is 2.36. The Morgan fingerprint density at radius 1 is 1.20 bits per heavy atom. The summed E-state index contributed by atoms with van der Waals surface area (Å²) in [7, 11) is -3.78. The van der Waals surface area contributed by atoms with E-state index >= 15 is 0 Å². The van der Waals surface area contributed by atoms with Crippen LogP contribution in [0.1, 0.15) is 54.4 Å². The predicted molar refractivity (Wildman–Crippen MR) is 103 cm³/mol. The Morgan fingerprint density at radius 3 is 2.70 bits per heavy atom. The van der Waals surface area contributed by atoms with E-state index in [1.54, 1.807) is 25.1 Å². The summed E-state index contributed by atoms with van der Waals surface area (Å²) in [5, 5.41) is 11.3. The molecule has 30 heavy (non-hydrogen) atoms. The lowest BCUT2D eigenvalue weighted by Crippen LogP contribution is -2.48. The van der Waals surface area contributed by atoms with Gasteiger partial charge in [-0.05, 0) is 25.0 Å². The van der Waals surface area contributed by atoms with E-state index in [9.17, 15) is 13.2 Å². The number of carbonyl (C=O) groups is 1. The first kappa shape index (κ1) is 18.7. The topological polar surface area (TPSA) is 145 Å². The smallest absolute Gasteiger partial charge is 0.291 e. The molecule has 0 bridgehead atoms. The fraction of sp³-hybridized carbons (Fsp3) is 0.389. The molecule has 5 rings (SSSR count). The van der Waals surface area contributed by atoms with Crippen molar-refractivity contribution in [2.75, 3.05) is 4.72 Å². The molecule has 0 atom stereocenters. The van der Waals surface area contributed by atoms with Gasteiger partial charge in [-0.3, -0.25) is 4.79 Å². The average molecular weight is 429 g/mol. The molecule has 1 aliphatic carbocycles. The molecular formula is C18H19N7O4S. The van der Waals surface area contributed by atoms with Crippen LogP contribution in [0.3, 0.4) is 0 Å². The first-order chi connectivity index (χ1) is 14.4. The summed E-state index contributed by atoms with van der Waals surface area (Å²) in [6, 6.07) is 6.39. The predicted octanol–water partition coefficient (Wildman–Crippen LogP) is 1.66. The maximum atomic E-state index is 13.1. The minimum absolute atomic E-state index is 0.0352. The van der Waals surface area contributed by atoms with Gasteiger partial charge in [0.25, 0.3) is 15.9 Å². The third-order valence-corrected chi connectivity index (χ3v) is 6.81.